The molecule has 1 heterocycles. The van der Waals surface area contributed by atoms with E-state index in [1.165, 1.54) is 4.90 Å². The number of ether oxygens (including phenoxy) is 1. The second-order valence-electron chi connectivity index (χ2n) is 3.91. The Morgan fingerprint density at radius 3 is 3.00 bits per heavy atom. The molecule has 1 atom stereocenters. The fourth-order valence-electron chi connectivity index (χ4n) is 1.64. The van der Waals surface area contributed by atoms with E-state index < -0.39 is 0 Å². The molecule has 1 fully saturated rings. The van der Waals surface area contributed by atoms with Crippen molar-refractivity contribution >= 4 is 11.9 Å². The first kappa shape index (κ1) is 12.0. The Hall–Kier alpha value is -1.06. The van der Waals surface area contributed by atoms with E-state index >= 15 is 0 Å². The van der Waals surface area contributed by atoms with Crippen molar-refractivity contribution in [2.75, 3.05) is 13.2 Å². The summed E-state index contributed by atoms with van der Waals surface area (Å²) in [5.41, 5.74) is 0. The van der Waals surface area contributed by atoms with Crippen LogP contribution in [0.4, 0.5) is 4.79 Å². The van der Waals surface area contributed by atoms with Gasteiger partial charge in [0, 0.05) is 13.0 Å². The third-order valence-electron chi connectivity index (χ3n) is 2.71. The molecule has 0 spiro atoms. The van der Waals surface area contributed by atoms with Crippen LogP contribution in [0.3, 0.4) is 0 Å². The highest BCUT2D eigenvalue weighted by Crippen LogP contribution is 2.14. The predicted octanol–water partition coefficient (Wildman–Crippen LogP) is 1.98. The molecule has 0 aromatic rings. The normalized spacial score (nSPS) is 21.6. The highest BCUT2D eigenvalue weighted by molar-refractivity contribution is 5.88. The average molecular weight is 213 g/mol. The molecule has 1 amide bonds. The summed E-state index contributed by atoms with van der Waals surface area (Å²) in [6, 6.07) is -0.312. The van der Waals surface area contributed by atoms with Crippen LogP contribution < -0.4 is 0 Å². The van der Waals surface area contributed by atoms with E-state index in [-0.39, 0.29) is 17.9 Å². The van der Waals surface area contributed by atoms with Crippen molar-refractivity contribution in [1.29, 1.82) is 0 Å². The van der Waals surface area contributed by atoms with Crippen LogP contribution in [0, 0.1) is 0 Å². The summed E-state index contributed by atoms with van der Waals surface area (Å²) in [6.45, 7) is 4.90. The van der Waals surface area contributed by atoms with Crippen molar-refractivity contribution in [2.24, 2.45) is 0 Å². The Labute approximate surface area is 90.6 Å². The van der Waals surface area contributed by atoms with Gasteiger partial charge in [0.25, 0.3) is 0 Å². The second kappa shape index (κ2) is 5.73. The van der Waals surface area contributed by atoms with Crippen LogP contribution in [-0.4, -0.2) is 36.0 Å². The lowest BCUT2D eigenvalue weighted by atomic mass is 10.0. The molecule has 0 N–H and O–H groups in total. The first-order chi connectivity index (χ1) is 7.16. The molecule has 4 nitrogen and oxygen atoms in total. The molecule has 1 rings (SSSR count). The summed E-state index contributed by atoms with van der Waals surface area (Å²) in [5, 5.41) is 0. The van der Waals surface area contributed by atoms with Crippen LogP contribution in [0.25, 0.3) is 0 Å². The van der Waals surface area contributed by atoms with Crippen LogP contribution in [-0.2, 0) is 9.53 Å². The lowest BCUT2D eigenvalue weighted by Crippen LogP contribution is -2.47. The van der Waals surface area contributed by atoms with Gasteiger partial charge >= 0.3 is 6.09 Å². The third kappa shape index (κ3) is 3.22. The number of unbranched alkanes of at least 4 members (excludes halogenated alkanes) is 1. The van der Waals surface area contributed by atoms with Gasteiger partial charge in [0.1, 0.15) is 0 Å². The summed E-state index contributed by atoms with van der Waals surface area (Å²) in [5.74, 6) is 0.133. The molecule has 15 heavy (non-hydrogen) atoms. The Balaban J connectivity index is 2.40. The molecule has 1 saturated heterocycles. The minimum Gasteiger partial charge on any atom is -0.449 e. The first-order valence-corrected chi connectivity index (χ1v) is 5.63. The minimum atomic E-state index is -0.344. The lowest BCUT2D eigenvalue weighted by Gasteiger charge is -2.31. The topological polar surface area (TPSA) is 46.6 Å². The van der Waals surface area contributed by atoms with E-state index in [0.29, 0.717) is 19.6 Å². The van der Waals surface area contributed by atoms with Crippen molar-refractivity contribution in [3.63, 3.8) is 0 Å². The molecule has 0 radical (unpaired) electrons. The van der Waals surface area contributed by atoms with E-state index in [1.807, 2.05) is 6.92 Å². The van der Waals surface area contributed by atoms with E-state index in [0.717, 1.165) is 19.3 Å². The Morgan fingerprint density at radius 1 is 1.60 bits per heavy atom. The quantitative estimate of drug-likeness (QED) is 0.673. The molecule has 0 aliphatic carbocycles. The molecule has 0 bridgehead atoms. The van der Waals surface area contributed by atoms with Gasteiger partial charge in [0.05, 0.1) is 12.6 Å². The molecule has 0 saturated carbocycles. The van der Waals surface area contributed by atoms with Crippen LogP contribution in [0.15, 0.2) is 0 Å². The van der Waals surface area contributed by atoms with Crippen molar-refractivity contribution in [3.05, 3.63) is 0 Å². The number of likely N-dealkylation sites (tertiary alicyclic amines) is 1. The molecule has 1 aliphatic heterocycles. The van der Waals surface area contributed by atoms with Crippen LogP contribution in [0.1, 0.15) is 39.5 Å². The summed E-state index contributed by atoms with van der Waals surface area (Å²) in [7, 11) is 0. The molecule has 0 aromatic heterocycles. The third-order valence-corrected chi connectivity index (χ3v) is 2.71. The van der Waals surface area contributed by atoms with Crippen molar-refractivity contribution in [3.8, 4) is 0 Å². The number of carbonyl (C=O) groups excluding carboxylic acids is 2. The lowest BCUT2D eigenvalue weighted by molar-refractivity contribution is -0.125. The molecular formula is C11H19NO3. The molecule has 86 valence electrons. The Bertz CT molecular complexity index is 240. The number of ketones is 1. The maximum atomic E-state index is 11.6. The Morgan fingerprint density at radius 2 is 2.33 bits per heavy atom. The largest absolute Gasteiger partial charge is 0.449 e. The van der Waals surface area contributed by atoms with Gasteiger partial charge in [0.2, 0.25) is 0 Å². The van der Waals surface area contributed by atoms with E-state index in [2.05, 4.69) is 0 Å². The molecule has 0 unspecified atom stereocenters. The van der Waals surface area contributed by atoms with E-state index in [4.69, 9.17) is 4.74 Å². The van der Waals surface area contributed by atoms with Gasteiger partial charge in [-0.05, 0) is 19.8 Å². The van der Waals surface area contributed by atoms with Gasteiger partial charge in [-0.25, -0.2) is 4.79 Å². The van der Waals surface area contributed by atoms with Gasteiger partial charge in [-0.1, -0.05) is 13.3 Å². The van der Waals surface area contributed by atoms with Crippen molar-refractivity contribution < 1.29 is 14.3 Å². The average Bonchev–Trinajstić information content (AvgIpc) is 2.22. The van der Waals surface area contributed by atoms with E-state index in [1.54, 1.807) is 6.92 Å². The smallest absolute Gasteiger partial charge is 0.410 e. The first-order valence-electron chi connectivity index (χ1n) is 5.63. The highest BCUT2D eigenvalue weighted by Gasteiger charge is 2.29. The molecule has 0 aromatic carbocycles. The SMILES string of the molecule is CCCCOC(=O)N1CCCC(=O)[C@@H]1C. The monoisotopic (exact) mass is 213 g/mol. The summed E-state index contributed by atoms with van der Waals surface area (Å²) < 4.78 is 5.08. The number of hydrogen-bond donors (Lipinski definition) is 0. The number of Topliss-reactive ketones (excluding diaryl/α,β-unsaturated/α-hetero) is 1. The zero-order valence-electron chi connectivity index (χ0n) is 9.49. The maximum absolute atomic E-state index is 11.6. The maximum Gasteiger partial charge on any atom is 0.410 e. The number of amides is 1. The number of hydrogen-bond acceptors (Lipinski definition) is 3. The number of carbonyl (C=O) groups is 2. The van der Waals surface area contributed by atoms with Gasteiger partial charge in [-0.2, -0.15) is 0 Å². The van der Waals surface area contributed by atoms with Gasteiger partial charge in [-0.15, -0.1) is 0 Å². The zero-order chi connectivity index (χ0) is 11.3. The fourth-order valence-corrected chi connectivity index (χ4v) is 1.64. The summed E-state index contributed by atoms with van der Waals surface area (Å²) >= 11 is 0. The highest BCUT2D eigenvalue weighted by atomic mass is 16.6. The van der Waals surface area contributed by atoms with E-state index in [9.17, 15) is 9.59 Å². The fraction of sp³-hybridized carbons (Fsp3) is 0.818. The number of rotatable bonds is 3. The predicted molar refractivity (Wildman–Crippen MR) is 56.7 cm³/mol. The molecule has 4 heteroatoms. The summed E-state index contributed by atoms with van der Waals surface area (Å²) in [4.78, 5) is 24.5. The number of piperidine rings is 1. The van der Waals surface area contributed by atoms with Gasteiger partial charge in [0.15, 0.2) is 5.78 Å². The van der Waals surface area contributed by atoms with Crippen molar-refractivity contribution in [2.45, 2.75) is 45.6 Å². The second-order valence-corrected chi connectivity index (χ2v) is 3.91. The molecular weight excluding hydrogens is 194 g/mol. The van der Waals surface area contributed by atoms with Crippen LogP contribution in [0.2, 0.25) is 0 Å². The minimum absolute atomic E-state index is 0.133. The van der Waals surface area contributed by atoms with Crippen LogP contribution in [0.5, 0.6) is 0 Å². The van der Waals surface area contributed by atoms with Gasteiger partial charge in [-0.3, -0.25) is 9.69 Å². The molecule has 1 aliphatic rings. The zero-order valence-corrected chi connectivity index (χ0v) is 9.49. The number of nitrogens with zero attached hydrogens (tertiary/aromatic N) is 1. The summed E-state index contributed by atoms with van der Waals surface area (Å²) in [6.07, 6.45) is 2.87. The van der Waals surface area contributed by atoms with Crippen molar-refractivity contribution in [1.82, 2.24) is 4.90 Å². The van der Waals surface area contributed by atoms with Gasteiger partial charge < -0.3 is 4.74 Å². The standard InChI is InChI=1S/C11H19NO3/c1-3-4-8-15-11(14)12-7-5-6-10(13)9(12)2/h9H,3-8H2,1-2H3/t9-/m0/s1. The van der Waals surface area contributed by atoms with Crippen LogP contribution >= 0.6 is 0 Å². The Kier molecular flexibility index (Phi) is 4.59.